The van der Waals surface area contributed by atoms with Crippen molar-refractivity contribution in [3.05, 3.63) is 42.2 Å². The Labute approximate surface area is 72.1 Å². The summed E-state index contributed by atoms with van der Waals surface area (Å²) >= 11 is 0. The third-order valence-corrected chi connectivity index (χ3v) is 1.57. The molecule has 12 heavy (non-hydrogen) atoms. The SMILES string of the molecule is C=C(O)Cc1ccc(OC)cc1. The average Bonchev–Trinajstić information content (AvgIpc) is 2.05. The molecule has 1 aromatic carbocycles. The van der Waals surface area contributed by atoms with E-state index in [1.54, 1.807) is 7.11 Å². The summed E-state index contributed by atoms with van der Waals surface area (Å²) in [4.78, 5) is 0. The summed E-state index contributed by atoms with van der Waals surface area (Å²) in [7, 11) is 1.62. The third kappa shape index (κ3) is 2.31. The van der Waals surface area contributed by atoms with Crippen molar-refractivity contribution in [2.24, 2.45) is 0 Å². The molecule has 2 nitrogen and oxygen atoms in total. The van der Waals surface area contributed by atoms with Crippen LogP contribution in [0.2, 0.25) is 0 Å². The van der Waals surface area contributed by atoms with Crippen molar-refractivity contribution >= 4 is 0 Å². The van der Waals surface area contributed by atoms with E-state index in [0.717, 1.165) is 11.3 Å². The summed E-state index contributed by atoms with van der Waals surface area (Å²) in [6, 6.07) is 7.52. The number of aliphatic hydroxyl groups excluding tert-OH is 1. The minimum absolute atomic E-state index is 0.181. The van der Waals surface area contributed by atoms with Gasteiger partial charge in [-0.1, -0.05) is 18.7 Å². The Morgan fingerprint density at radius 3 is 2.42 bits per heavy atom. The number of hydrogen-bond acceptors (Lipinski definition) is 2. The summed E-state index contributed by atoms with van der Waals surface area (Å²) in [5.74, 6) is 1.00. The number of aliphatic hydroxyl groups is 1. The van der Waals surface area contributed by atoms with Crippen LogP contribution in [0.25, 0.3) is 0 Å². The molecule has 1 aromatic rings. The maximum absolute atomic E-state index is 8.91. The Kier molecular flexibility index (Phi) is 2.75. The summed E-state index contributed by atoms with van der Waals surface area (Å²) in [6.45, 7) is 3.42. The highest BCUT2D eigenvalue weighted by molar-refractivity contribution is 5.28. The van der Waals surface area contributed by atoms with Gasteiger partial charge in [0.25, 0.3) is 0 Å². The van der Waals surface area contributed by atoms with E-state index in [1.165, 1.54) is 0 Å². The van der Waals surface area contributed by atoms with Crippen LogP contribution in [0, 0.1) is 0 Å². The first kappa shape index (κ1) is 8.65. The zero-order valence-corrected chi connectivity index (χ0v) is 7.08. The molecule has 0 amide bonds. The number of ether oxygens (including phenoxy) is 1. The summed E-state index contributed by atoms with van der Waals surface area (Å²) in [5.41, 5.74) is 1.03. The van der Waals surface area contributed by atoms with Crippen LogP contribution in [0.5, 0.6) is 5.75 Å². The van der Waals surface area contributed by atoms with Crippen molar-refractivity contribution in [2.75, 3.05) is 7.11 Å². The quantitative estimate of drug-likeness (QED) is 0.694. The number of methoxy groups -OCH3 is 1. The molecule has 0 aliphatic heterocycles. The van der Waals surface area contributed by atoms with Gasteiger partial charge in [0.15, 0.2) is 0 Å². The van der Waals surface area contributed by atoms with Gasteiger partial charge in [-0.15, -0.1) is 0 Å². The van der Waals surface area contributed by atoms with Crippen molar-refractivity contribution in [2.45, 2.75) is 6.42 Å². The fourth-order valence-corrected chi connectivity index (χ4v) is 0.979. The smallest absolute Gasteiger partial charge is 0.118 e. The van der Waals surface area contributed by atoms with E-state index in [9.17, 15) is 0 Å². The normalized spacial score (nSPS) is 9.42. The topological polar surface area (TPSA) is 29.5 Å². The fraction of sp³-hybridized carbons (Fsp3) is 0.200. The molecule has 0 heterocycles. The van der Waals surface area contributed by atoms with E-state index in [4.69, 9.17) is 9.84 Å². The summed E-state index contributed by atoms with van der Waals surface area (Å²) < 4.78 is 4.99. The molecule has 0 aliphatic carbocycles. The van der Waals surface area contributed by atoms with E-state index >= 15 is 0 Å². The molecule has 2 heteroatoms. The minimum Gasteiger partial charge on any atom is -0.513 e. The van der Waals surface area contributed by atoms with Crippen molar-refractivity contribution < 1.29 is 9.84 Å². The highest BCUT2D eigenvalue weighted by atomic mass is 16.5. The van der Waals surface area contributed by atoms with Gasteiger partial charge in [0, 0.05) is 6.42 Å². The molecule has 0 saturated heterocycles. The fourth-order valence-electron chi connectivity index (χ4n) is 0.979. The Hall–Kier alpha value is -1.44. The largest absolute Gasteiger partial charge is 0.513 e. The van der Waals surface area contributed by atoms with Crippen LogP contribution in [0.3, 0.4) is 0 Å². The Balaban J connectivity index is 2.71. The first-order chi connectivity index (χ1) is 5.72. The van der Waals surface area contributed by atoms with Crippen molar-refractivity contribution in [1.29, 1.82) is 0 Å². The molecule has 0 unspecified atom stereocenters. The molecule has 0 spiro atoms. The van der Waals surface area contributed by atoms with Crippen LogP contribution >= 0.6 is 0 Å². The molecule has 0 saturated carbocycles. The lowest BCUT2D eigenvalue weighted by Crippen LogP contribution is -1.88. The molecule has 0 bridgehead atoms. The first-order valence-corrected chi connectivity index (χ1v) is 3.72. The van der Waals surface area contributed by atoms with Gasteiger partial charge in [0.05, 0.1) is 12.9 Å². The van der Waals surface area contributed by atoms with Gasteiger partial charge in [0.2, 0.25) is 0 Å². The van der Waals surface area contributed by atoms with Gasteiger partial charge in [-0.05, 0) is 17.7 Å². The van der Waals surface area contributed by atoms with Crippen LogP contribution in [-0.2, 0) is 6.42 Å². The number of benzene rings is 1. The zero-order chi connectivity index (χ0) is 8.97. The molecular formula is C10H12O2. The molecule has 1 N–H and O–H groups in total. The maximum atomic E-state index is 8.91. The highest BCUT2D eigenvalue weighted by Crippen LogP contribution is 2.12. The second-order valence-electron chi connectivity index (χ2n) is 2.59. The van der Waals surface area contributed by atoms with E-state index in [1.807, 2.05) is 24.3 Å². The first-order valence-electron chi connectivity index (χ1n) is 3.72. The standard InChI is InChI=1S/C10H12O2/c1-8(11)7-9-3-5-10(12-2)6-4-9/h3-6,11H,1,7H2,2H3. The summed E-state index contributed by atoms with van der Waals surface area (Å²) in [6.07, 6.45) is 0.504. The van der Waals surface area contributed by atoms with Crippen LogP contribution in [-0.4, -0.2) is 12.2 Å². The lowest BCUT2D eigenvalue weighted by Gasteiger charge is -2.01. The molecule has 64 valence electrons. The molecule has 1 rings (SSSR count). The van der Waals surface area contributed by atoms with Crippen LogP contribution < -0.4 is 4.74 Å². The van der Waals surface area contributed by atoms with Crippen molar-refractivity contribution in [3.8, 4) is 5.75 Å². The molecular weight excluding hydrogens is 152 g/mol. The van der Waals surface area contributed by atoms with Gasteiger partial charge < -0.3 is 9.84 Å². The molecule has 0 aliphatic rings. The summed E-state index contributed by atoms with van der Waals surface area (Å²) in [5, 5.41) is 8.91. The van der Waals surface area contributed by atoms with E-state index < -0.39 is 0 Å². The third-order valence-electron chi connectivity index (χ3n) is 1.57. The zero-order valence-electron chi connectivity index (χ0n) is 7.08. The highest BCUT2D eigenvalue weighted by Gasteiger charge is 1.95. The van der Waals surface area contributed by atoms with Crippen LogP contribution in [0.15, 0.2) is 36.6 Å². The molecule has 0 radical (unpaired) electrons. The van der Waals surface area contributed by atoms with Gasteiger partial charge in [-0.3, -0.25) is 0 Å². The second kappa shape index (κ2) is 3.81. The van der Waals surface area contributed by atoms with Gasteiger partial charge >= 0.3 is 0 Å². The predicted molar refractivity (Wildman–Crippen MR) is 48.5 cm³/mol. The van der Waals surface area contributed by atoms with Gasteiger partial charge in [0.1, 0.15) is 5.75 Å². The van der Waals surface area contributed by atoms with Crippen molar-refractivity contribution in [3.63, 3.8) is 0 Å². The maximum Gasteiger partial charge on any atom is 0.118 e. The number of allylic oxidation sites excluding steroid dienone is 1. The van der Waals surface area contributed by atoms with Gasteiger partial charge in [-0.25, -0.2) is 0 Å². The molecule has 0 fully saturated rings. The van der Waals surface area contributed by atoms with Crippen LogP contribution in [0.4, 0.5) is 0 Å². The minimum atomic E-state index is 0.181. The second-order valence-corrected chi connectivity index (χ2v) is 2.59. The Morgan fingerprint density at radius 2 is 2.00 bits per heavy atom. The lowest BCUT2D eigenvalue weighted by atomic mass is 10.1. The predicted octanol–water partition coefficient (Wildman–Crippen LogP) is 2.31. The average molecular weight is 164 g/mol. The van der Waals surface area contributed by atoms with Crippen LogP contribution in [0.1, 0.15) is 5.56 Å². The van der Waals surface area contributed by atoms with E-state index in [-0.39, 0.29) is 5.76 Å². The Bertz CT molecular complexity index is 262. The number of hydrogen-bond donors (Lipinski definition) is 1. The van der Waals surface area contributed by atoms with E-state index in [0.29, 0.717) is 6.42 Å². The number of rotatable bonds is 3. The molecule has 0 aromatic heterocycles. The van der Waals surface area contributed by atoms with Crippen molar-refractivity contribution in [1.82, 2.24) is 0 Å². The lowest BCUT2D eigenvalue weighted by molar-refractivity contribution is 0.401. The molecule has 0 atom stereocenters. The van der Waals surface area contributed by atoms with E-state index in [2.05, 4.69) is 6.58 Å². The Morgan fingerprint density at radius 1 is 1.42 bits per heavy atom. The van der Waals surface area contributed by atoms with Gasteiger partial charge in [-0.2, -0.15) is 0 Å². The monoisotopic (exact) mass is 164 g/mol.